The third-order valence-corrected chi connectivity index (χ3v) is 0.967. The lowest BCUT2D eigenvalue weighted by molar-refractivity contribution is 0.0592. The fourth-order valence-corrected chi connectivity index (χ4v) is 0.515. The molecule has 4 nitrogen and oxygen atoms in total. The summed E-state index contributed by atoms with van der Waals surface area (Å²) in [5.74, 6) is -0.465. The Morgan fingerprint density at radius 2 is 2.36 bits per heavy atom. The number of halogens is 1. The van der Waals surface area contributed by atoms with Crippen molar-refractivity contribution in [3.8, 4) is 0 Å². The van der Waals surface area contributed by atoms with E-state index in [0.717, 1.165) is 0 Å². The van der Waals surface area contributed by atoms with E-state index in [1.54, 1.807) is 12.1 Å². The van der Waals surface area contributed by atoms with Crippen LogP contribution in [0.5, 0.6) is 0 Å². The molecule has 60 valence electrons. The molecule has 0 bridgehead atoms. The summed E-state index contributed by atoms with van der Waals surface area (Å²) in [6, 6.07) is 3.16. The Bertz CT molecular complexity index is 227. The van der Waals surface area contributed by atoms with Crippen LogP contribution in [0.3, 0.4) is 0 Å². The van der Waals surface area contributed by atoms with Gasteiger partial charge in [-0.15, -0.1) is 17.5 Å². The molecule has 5 heteroatoms. The van der Waals surface area contributed by atoms with Crippen molar-refractivity contribution >= 4 is 18.4 Å². The molecule has 0 aromatic carbocycles. The van der Waals surface area contributed by atoms with Crippen molar-refractivity contribution in [1.82, 2.24) is 10.2 Å². The molecular weight excluding hydrogens is 168 g/mol. The second-order valence-corrected chi connectivity index (χ2v) is 1.60. The van der Waals surface area contributed by atoms with Crippen molar-refractivity contribution in [2.45, 2.75) is 0 Å². The highest BCUT2D eigenvalue weighted by Gasteiger charge is 2.04. The summed E-state index contributed by atoms with van der Waals surface area (Å²) < 4.78 is 4.39. The van der Waals surface area contributed by atoms with E-state index in [1.165, 1.54) is 13.3 Å². The lowest BCUT2D eigenvalue weighted by Crippen LogP contribution is -2.04. The first-order valence-corrected chi connectivity index (χ1v) is 2.70. The molecule has 0 fully saturated rings. The van der Waals surface area contributed by atoms with E-state index in [0.29, 0.717) is 0 Å². The highest BCUT2D eigenvalue weighted by molar-refractivity contribution is 5.86. The van der Waals surface area contributed by atoms with Crippen molar-refractivity contribution in [2.75, 3.05) is 7.11 Å². The summed E-state index contributed by atoms with van der Waals surface area (Å²) in [6.07, 6.45) is 1.49. The fraction of sp³-hybridized carbons (Fsp3) is 0.167. The topological polar surface area (TPSA) is 52.1 Å². The zero-order chi connectivity index (χ0) is 7.40. The van der Waals surface area contributed by atoms with Crippen LogP contribution >= 0.6 is 12.4 Å². The molecule has 1 rings (SSSR count). The molecule has 0 aliphatic rings. The van der Waals surface area contributed by atoms with Crippen LogP contribution in [-0.2, 0) is 4.74 Å². The Hall–Kier alpha value is -1.16. The number of hydrogen-bond donors (Lipinski definition) is 0. The van der Waals surface area contributed by atoms with Crippen molar-refractivity contribution in [3.05, 3.63) is 24.0 Å². The molecule has 0 radical (unpaired) electrons. The Morgan fingerprint density at radius 1 is 1.64 bits per heavy atom. The number of nitrogens with zero attached hydrogens (tertiary/aromatic N) is 2. The number of carbonyl (C=O) groups excluding carboxylic acids is 1. The van der Waals surface area contributed by atoms with Gasteiger partial charge in [0.1, 0.15) is 0 Å². The Morgan fingerprint density at radius 3 is 2.82 bits per heavy atom. The van der Waals surface area contributed by atoms with Crippen molar-refractivity contribution in [2.24, 2.45) is 0 Å². The molecule has 11 heavy (non-hydrogen) atoms. The van der Waals surface area contributed by atoms with Crippen molar-refractivity contribution < 1.29 is 9.53 Å². The molecule has 0 spiro atoms. The maximum atomic E-state index is 10.7. The maximum Gasteiger partial charge on any atom is 0.358 e. The van der Waals surface area contributed by atoms with Crippen LogP contribution < -0.4 is 0 Å². The summed E-state index contributed by atoms with van der Waals surface area (Å²) in [5, 5.41) is 7.03. The minimum atomic E-state index is -0.465. The molecular formula is C6H7ClN2O2. The highest BCUT2D eigenvalue weighted by atomic mass is 35.5. The summed E-state index contributed by atoms with van der Waals surface area (Å²) in [7, 11) is 1.30. The Labute approximate surface area is 70.0 Å². The molecule has 0 aliphatic heterocycles. The molecule has 0 saturated heterocycles. The quantitative estimate of drug-likeness (QED) is 0.588. The maximum absolute atomic E-state index is 10.7. The van der Waals surface area contributed by atoms with Crippen molar-refractivity contribution in [3.63, 3.8) is 0 Å². The van der Waals surface area contributed by atoms with E-state index >= 15 is 0 Å². The van der Waals surface area contributed by atoms with Crippen LogP contribution in [0.4, 0.5) is 0 Å². The molecule has 1 heterocycles. The van der Waals surface area contributed by atoms with Gasteiger partial charge in [0.2, 0.25) is 0 Å². The molecule has 0 N–H and O–H groups in total. The van der Waals surface area contributed by atoms with Gasteiger partial charge in [-0.3, -0.25) is 0 Å². The van der Waals surface area contributed by atoms with Gasteiger partial charge in [0.25, 0.3) is 0 Å². The minimum absolute atomic E-state index is 0. The first-order valence-electron chi connectivity index (χ1n) is 2.70. The van der Waals surface area contributed by atoms with Crippen LogP contribution in [0.25, 0.3) is 0 Å². The van der Waals surface area contributed by atoms with Crippen LogP contribution in [0.15, 0.2) is 18.3 Å². The predicted molar refractivity (Wildman–Crippen MR) is 40.6 cm³/mol. The number of hydrogen-bond acceptors (Lipinski definition) is 4. The van der Waals surface area contributed by atoms with Gasteiger partial charge in [-0.2, -0.15) is 5.10 Å². The largest absolute Gasteiger partial charge is 0.464 e. The lowest BCUT2D eigenvalue weighted by atomic mass is 10.4. The number of methoxy groups -OCH3 is 1. The van der Waals surface area contributed by atoms with Gasteiger partial charge in [-0.1, -0.05) is 0 Å². The zero-order valence-electron chi connectivity index (χ0n) is 5.85. The number of ether oxygens (including phenoxy) is 1. The lowest BCUT2D eigenvalue weighted by Gasteiger charge is -1.93. The predicted octanol–water partition coefficient (Wildman–Crippen LogP) is 0.685. The van der Waals surface area contributed by atoms with Gasteiger partial charge in [0, 0.05) is 6.20 Å². The summed E-state index contributed by atoms with van der Waals surface area (Å²) in [5.41, 5.74) is 0.227. The zero-order valence-corrected chi connectivity index (χ0v) is 6.67. The van der Waals surface area contributed by atoms with Crippen LogP contribution in [0.2, 0.25) is 0 Å². The minimum Gasteiger partial charge on any atom is -0.464 e. The molecule has 1 aromatic rings. The molecule has 0 unspecified atom stereocenters. The highest BCUT2D eigenvalue weighted by Crippen LogP contribution is 1.91. The molecule has 0 aliphatic carbocycles. The number of rotatable bonds is 1. The third kappa shape index (κ3) is 2.51. The van der Waals surface area contributed by atoms with E-state index < -0.39 is 5.97 Å². The summed E-state index contributed by atoms with van der Waals surface area (Å²) in [4.78, 5) is 10.7. The Balaban J connectivity index is 0.000001000. The standard InChI is InChI=1S/C6H6N2O2.ClH/c1-10-6(9)5-3-2-4-7-8-5;/h2-4H,1H3;1H. The third-order valence-electron chi connectivity index (χ3n) is 0.967. The van der Waals surface area contributed by atoms with E-state index in [1.807, 2.05) is 0 Å². The van der Waals surface area contributed by atoms with E-state index in [-0.39, 0.29) is 18.1 Å². The smallest absolute Gasteiger partial charge is 0.358 e. The van der Waals surface area contributed by atoms with Gasteiger partial charge < -0.3 is 4.74 Å². The van der Waals surface area contributed by atoms with Crippen molar-refractivity contribution in [1.29, 1.82) is 0 Å². The summed E-state index contributed by atoms with van der Waals surface area (Å²) >= 11 is 0. The Kier molecular flexibility index (Phi) is 4.14. The fourth-order valence-electron chi connectivity index (χ4n) is 0.515. The van der Waals surface area contributed by atoms with Gasteiger partial charge >= 0.3 is 5.97 Å². The molecule has 0 atom stereocenters. The van der Waals surface area contributed by atoms with E-state index in [9.17, 15) is 4.79 Å². The van der Waals surface area contributed by atoms with E-state index in [4.69, 9.17) is 0 Å². The van der Waals surface area contributed by atoms with Crippen LogP contribution in [0, 0.1) is 0 Å². The first kappa shape index (κ1) is 9.84. The van der Waals surface area contributed by atoms with E-state index in [2.05, 4.69) is 14.9 Å². The first-order chi connectivity index (χ1) is 4.84. The van der Waals surface area contributed by atoms with Gasteiger partial charge in [-0.05, 0) is 12.1 Å². The summed E-state index contributed by atoms with van der Waals surface area (Å²) in [6.45, 7) is 0. The average Bonchev–Trinajstić information content (AvgIpc) is 2.05. The number of carbonyl (C=O) groups is 1. The molecule has 1 aromatic heterocycles. The second-order valence-electron chi connectivity index (χ2n) is 1.60. The normalized spacial score (nSPS) is 8.09. The molecule has 0 amide bonds. The second kappa shape index (κ2) is 4.62. The van der Waals surface area contributed by atoms with Gasteiger partial charge in [0.05, 0.1) is 7.11 Å². The van der Waals surface area contributed by atoms with Gasteiger partial charge in [-0.25, -0.2) is 4.79 Å². The molecule has 0 saturated carbocycles. The number of aromatic nitrogens is 2. The van der Waals surface area contributed by atoms with Gasteiger partial charge in [0.15, 0.2) is 5.69 Å². The SMILES string of the molecule is COC(=O)c1cccnn1.Cl. The van der Waals surface area contributed by atoms with Crippen LogP contribution in [0.1, 0.15) is 10.5 Å². The monoisotopic (exact) mass is 174 g/mol. The average molecular weight is 175 g/mol. The van der Waals surface area contributed by atoms with Crippen LogP contribution in [-0.4, -0.2) is 23.3 Å². The number of esters is 1.